The molecule has 0 spiro atoms. The van der Waals surface area contributed by atoms with Crippen LogP contribution in [0.15, 0.2) is 36.6 Å². The van der Waals surface area contributed by atoms with Crippen LogP contribution in [0.1, 0.15) is 36.2 Å². The summed E-state index contributed by atoms with van der Waals surface area (Å²) in [5.41, 5.74) is 0.619. The average molecular weight is 365 g/mol. The number of aryl methyl sites for hydroxylation is 1. The van der Waals surface area contributed by atoms with Crippen LogP contribution in [0.3, 0.4) is 0 Å². The Morgan fingerprint density at radius 1 is 1.29 bits per heavy atom. The van der Waals surface area contributed by atoms with Crippen LogP contribution in [-0.2, 0) is 16.6 Å². The molecule has 0 aromatic carbocycles. The van der Waals surface area contributed by atoms with Gasteiger partial charge in [-0.3, -0.25) is 0 Å². The lowest BCUT2D eigenvalue weighted by Gasteiger charge is -2.02. The lowest BCUT2D eigenvalue weighted by molar-refractivity contribution is 0.475. The van der Waals surface area contributed by atoms with E-state index in [4.69, 9.17) is 8.83 Å². The standard InChI is InChI=1S/C15H15N3O4S2/c1-9-2-5-12(21-9)7-16-24(19,20)13-6-11(8-23-13)15-18-17-14(22-15)10-3-4-10/h2,5-6,8,10,16H,3-4,7H2,1H3. The van der Waals surface area contributed by atoms with Crippen LogP contribution in [0, 0.1) is 6.92 Å². The fourth-order valence-corrected chi connectivity index (χ4v) is 4.43. The molecular weight excluding hydrogens is 350 g/mol. The van der Waals surface area contributed by atoms with Gasteiger partial charge in [-0.25, -0.2) is 13.1 Å². The summed E-state index contributed by atoms with van der Waals surface area (Å²) in [6.45, 7) is 1.92. The Hall–Kier alpha value is -1.97. The molecule has 1 aliphatic carbocycles. The number of hydrogen-bond donors (Lipinski definition) is 1. The summed E-state index contributed by atoms with van der Waals surface area (Å²) in [5.74, 6) is 2.67. The maximum absolute atomic E-state index is 12.4. The summed E-state index contributed by atoms with van der Waals surface area (Å²) in [6, 6.07) is 5.08. The zero-order valence-electron chi connectivity index (χ0n) is 12.9. The smallest absolute Gasteiger partial charge is 0.250 e. The van der Waals surface area contributed by atoms with E-state index in [9.17, 15) is 8.42 Å². The van der Waals surface area contributed by atoms with Gasteiger partial charge < -0.3 is 8.83 Å². The quantitative estimate of drug-likeness (QED) is 0.721. The first kappa shape index (κ1) is 15.6. The molecule has 0 bridgehead atoms. The molecule has 0 radical (unpaired) electrons. The van der Waals surface area contributed by atoms with Crippen LogP contribution in [0.5, 0.6) is 0 Å². The summed E-state index contributed by atoms with van der Waals surface area (Å²) in [6.07, 6.45) is 2.14. The zero-order chi connectivity index (χ0) is 16.7. The highest BCUT2D eigenvalue weighted by Crippen LogP contribution is 2.40. The molecule has 0 atom stereocenters. The minimum absolute atomic E-state index is 0.107. The number of nitrogens with one attached hydrogen (secondary N) is 1. The van der Waals surface area contributed by atoms with Gasteiger partial charge in [-0.1, -0.05) is 0 Å². The Balaban J connectivity index is 1.49. The molecule has 1 aliphatic rings. The van der Waals surface area contributed by atoms with Gasteiger partial charge in [-0.15, -0.1) is 21.5 Å². The highest BCUT2D eigenvalue weighted by molar-refractivity contribution is 7.91. The van der Waals surface area contributed by atoms with E-state index >= 15 is 0 Å². The van der Waals surface area contributed by atoms with Gasteiger partial charge in [0.1, 0.15) is 15.7 Å². The Morgan fingerprint density at radius 2 is 2.12 bits per heavy atom. The molecule has 3 aromatic heterocycles. The Morgan fingerprint density at radius 3 is 2.83 bits per heavy atom. The van der Waals surface area contributed by atoms with Crippen LogP contribution < -0.4 is 4.72 Å². The van der Waals surface area contributed by atoms with Crippen molar-refractivity contribution < 1.29 is 17.3 Å². The third-order valence-electron chi connectivity index (χ3n) is 3.69. The molecular formula is C15H15N3O4S2. The maximum atomic E-state index is 12.4. The second-order valence-corrected chi connectivity index (χ2v) is 8.62. The van der Waals surface area contributed by atoms with Gasteiger partial charge in [-0.2, -0.15) is 0 Å². The molecule has 3 heterocycles. The van der Waals surface area contributed by atoms with E-state index in [0.29, 0.717) is 29.0 Å². The monoisotopic (exact) mass is 365 g/mol. The first-order chi connectivity index (χ1) is 11.5. The van der Waals surface area contributed by atoms with Gasteiger partial charge in [0.25, 0.3) is 0 Å². The van der Waals surface area contributed by atoms with Crippen molar-refractivity contribution in [2.24, 2.45) is 0 Å². The molecule has 7 nitrogen and oxygen atoms in total. The zero-order valence-corrected chi connectivity index (χ0v) is 14.5. The molecule has 0 aliphatic heterocycles. The van der Waals surface area contributed by atoms with E-state index in [2.05, 4.69) is 14.9 Å². The van der Waals surface area contributed by atoms with E-state index in [1.54, 1.807) is 23.6 Å². The summed E-state index contributed by atoms with van der Waals surface area (Å²) < 4.78 is 38.4. The highest BCUT2D eigenvalue weighted by Gasteiger charge is 2.30. The first-order valence-electron chi connectivity index (χ1n) is 7.48. The van der Waals surface area contributed by atoms with Crippen LogP contribution in [0.25, 0.3) is 11.5 Å². The minimum Gasteiger partial charge on any atom is -0.465 e. The number of aromatic nitrogens is 2. The minimum atomic E-state index is -3.61. The summed E-state index contributed by atoms with van der Waals surface area (Å²) in [7, 11) is -3.61. The second-order valence-electron chi connectivity index (χ2n) is 5.71. The van der Waals surface area contributed by atoms with Crippen LogP contribution >= 0.6 is 11.3 Å². The molecule has 1 N–H and O–H groups in total. The van der Waals surface area contributed by atoms with Gasteiger partial charge >= 0.3 is 0 Å². The van der Waals surface area contributed by atoms with Gasteiger partial charge in [0, 0.05) is 11.3 Å². The Bertz CT molecular complexity index is 966. The van der Waals surface area contributed by atoms with Crippen molar-refractivity contribution in [3.8, 4) is 11.5 Å². The SMILES string of the molecule is Cc1ccc(CNS(=O)(=O)c2cc(-c3nnc(C4CC4)o3)cs2)o1. The van der Waals surface area contributed by atoms with Gasteiger partial charge in [0.2, 0.25) is 21.8 Å². The normalized spacial score (nSPS) is 15.0. The predicted octanol–water partition coefficient (Wildman–Crippen LogP) is 3.06. The lowest BCUT2D eigenvalue weighted by Crippen LogP contribution is -2.22. The fourth-order valence-electron chi connectivity index (χ4n) is 2.23. The van der Waals surface area contributed by atoms with Crippen molar-refractivity contribution in [2.75, 3.05) is 0 Å². The van der Waals surface area contributed by atoms with Gasteiger partial charge in [0.05, 0.1) is 12.1 Å². The van der Waals surface area contributed by atoms with Crippen molar-refractivity contribution in [2.45, 2.75) is 36.4 Å². The molecule has 4 rings (SSSR count). The van der Waals surface area contributed by atoms with E-state index in [0.717, 1.165) is 29.9 Å². The molecule has 0 saturated heterocycles. The van der Waals surface area contributed by atoms with Crippen LogP contribution in [0.4, 0.5) is 0 Å². The van der Waals surface area contributed by atoms with Crippen molar-refractivity contribution in [1.82, 2.24) is 14.9 Å². The molecule has 1 saturated carbocycles. The molecule has 126 valence electrons. The molecule has 9 heteroatoms. The topological polar surface area (TPSA) is 98.2 Å². The van der Waals surface area contributed by atoms with E-state index in [1.807, 2.05) is 6.92 Å². The Kier molecular flexibility index (Phi) is 3.78. The molecule has 0 unspecified atom stereocenters. The summed E-state index contributed by atoms with van der Waals surface area (Å²) in [4.78, 5) is 0. The number of thiophene rings is 1. The van der Waals surface area contributed by atoms with Crippen LogP contribution in [-0.4, -0.2) is 18.6 Å². The third-order valence-corrected chi connectivity index (χ3v) is 6.53. The highest BCUT2D eigenvalue weighted by atomic mass is 32.2. The van der Waals surface area contributed by atoms with E-state index < -0.39 is 10.0 Å². The Labute approximate surface area is 142 Å². The lowest BCUT2D eigenvalue weighted by atomic mass is 10.3. The number of furan rings is 1. The number of hydrogen-bond acceptors (Lipinski definition) is 7. The van der Waals surface area contributed by atoms with Crippen LogP contribution in [0.2, 0.25) is 0 Å². The summed E-state index contributed by atoms with van der Waals surface area (Å²) >= 11 is 1.12. The summed E-state index contributed by atoms with van der Waals surface area (Å²) in [5, 5.41) is 9.72. The van der Waals surface area contributed by atoms with Crippen molar-refractivity contribution in [3.05, 3.63) is 41.0 Å². The number of nitrogens with zero attached hydrogens (tertiary/aromatic N) is 2. The average Bonchev–Trinajstić information content (AvgIpc) is 2.97. The van der Waals surface area contributed by atoms with Crippen molar-refractivity contribution >= 4 is 21.4 Å². The predicted molar refractivity (Wildman–Crippen MR) is 87.1 cm³/mol. The number of sulfonamides is 1. The van der Waals surface area contributed by atoms with Gasteiger partial charge in [-0.05, 0) is 38.0 Å². The molecule has 0 amide bonds. The maximum Gasteiger partial charge on any atom is 0.250 e. The molecule has 1 fully saturated rings. The largest absolute Gasteiger partial charge is 0.465 e. The second kappa shape index (κ2) is 5.83. The van der Waals surface area contributed by atoms with Crippen molar-refractivity contribution in [1.29, 1.82) is 0 Å². The molecule has 3 aromatic rings. The van der Waals surface area contributed by atoms with E-state index in [-0.39, 0.29) is 10.8 Å². The molecule has 24 heavy (non-hydrogen) atoms. The first-order valence-corrected chi connectivity index (χ1v) is 9.85. The third kappa shape index (κ3) is 3.14. The van der Waals surface area contributed by atoms with E-state index in [1.165, 1.54) is 0 Å². The van der Waals surface area contributed by atoms with Gasteiger partial charge in [0.15, 0.2) is 0 Å². The van der Waals surface area contributed by atoms with Crippen molar-refractivity contribution in [3.63, 3.8) is 0 Å². The number of rotatable bonds is 6. The fraction of sp³-hybridized carbons (Fsp3) is 0.333.